The average Bonchev–Trinajstić information content (AvgIpc) is 3.07. The third kappa shape index (κ3) is 2.97. The van der Waals surface area contributed by atoms with Crippen molar-refractivity contribution in [1.82, 2.24) is 14.4 Å². The first kappa shape index (κ1) is 17.9. The van der Waals surface area contributed by atoms with Crippen molar-refractivity contribution in [2.24, 2.45) is 0 Å². The van der Waals surface area contributed by atoms with Crippen molar-refractivity contribution in [2.75, 3.05) is 5.73 Å². The average molecular weight is 386 g/mol. The standard InChI is InChI=1S/C24H23FN4/c1-15(16-6-3-2-4-7-16)18-10-11-19(20(25)14-18)21-22-23(26)27-12-13-29(22)24(28-21)17-8-5-9-17/h2-4,6-7,10-15,17H,5,8-9H2,1H3,(H2,26,27). The number of halogens is 1. The lowest BCUT2D eigenvalue weighted by Crippen LogP contribution is -2.12. The highest BCUT2D eigenvalue weighted by Gasteiger charge is 2.27. The second-order valence-electron chi connectivity index (χ2n) is 7.85. The minimum Gasteiger partial charge on any atom is -0.382 e. The Kier molecular flexibility index (Phi) is 4.31. The molecule has 1 aliphatic carbocycles. The lowest BCUT2D eigenvalue weighted by atomic mass is 9.85. The van der Waals surface area contributed by atoms with E-state index in [1.54, 1.807) is 12.3 Å². The van der Waals surface area contributed by atoms with E-state index in [9.17, 15) is 0 Å². The monoisotopic (exact) mass is 386 g/mol. The van der Waals surface area contributed by atoms with Crippen molar-refractivity contribution in [2.45, 2.75) is 38.0 Å². The van der Waals surface area contributed by atoms with Crippen LogP contribution >= 0.6 is 0 Å². The molecule has 1 fully saturated rings. The molecule has 0 aliphatic heterocycles. The Hall–Kier alpha value is -3.21. The van der Waals surface area contributed by atoms with E-state index in [-0.39, 0.29) is 11.7 Å². The van der Waals surface area contributed by atoms with Gasteiger partial charge < -0.3 is 5.73 Å². The Bertz CT molecular complexity index is 1180. The van der Waals surface area contributed by atoms with Crippen LogP contribution < -0.4 is 5.73 Å². The molecule has 0 spiro atoms. The van der Waals surface area contributed by atoms with Gasteiger partial charge in [-0.3, -0.25) is 4.40 Å². The van der Waals surface area contributed by atoms with Gasteiger partial charge in [-0.25, -0.2) is 14.4 Å². The highest BCUT2D eigenvalue weighted by molar-refractivity contribution is 5.85. The number of aromatic nitrogens is 3. The van der Waals surface area contributed by atoms with Gasteiger partial charge in [0.25, 0.3) is 0 Å². The van der Waals surface area contributed by atoms with E-state index in [1.807, 2.05) is 40.9 Å². The molecule has 1 unspecified atom stereocenters. The maximum Gasteiger partial charge on any atom is 0.150 e. The van der Waals surface area contributed by atoms with Gasteiger partial charge in [-0.05, 0) is 36.1 Å². The van der Waals surface area contributed by atoms with Crippen LogP contribution in [-0.2, 0) is 0 Å². The molecular weight excluding hydrogens is 363 g/mol. The molecular formula is C24H23FN4. The zero-order valence-corrected chi connectivity index (χ0v) is 16.3. The summed E-state index contributed by atoms with van der Waals surface area (Å²) in [6.07, 6.45) is 6.97. The molecule has 1 saturated carbocycles. The van der Waals surface area contributed by atoms with Gasteiger partial charge in [0, 0.05) is 29.8 Å². The summed E-state index contributed by atoms with van der Waals surface area (Å²) in [5.41, 5.74) is 10.0. The summed E-state index contributed by atoms with van der Waals surface area (Å²) in [5, 5.41) is 0. The molecule has 1 aliphatic rings. The molecule has 0 radical (unpaired) electrons. The number of benzene rings is 2. The van der Waals surface area contributed by atoms with E-state index in [4.69, 9.17) is 10.7 Å². The predicted molar refractivity (Wildman–Crippen MR) is 113 cm³/mol. The summed E-state index contributed by atoms with van der Waals surface area (Å²) in [7, 11) is 0. The minimum absolute atomic E-state index is 0.107. The van der Waals surface area contributed by atoms with Crippen LogP contribution in [0.25, 0.3) is 16.8 Å². The van der Waals surface area contributed by atoms with Crippen molar-refractivity contribution < 1.29 is 4.39 Å². The molecule has 5 heteroatoms. The van der Waals surface area contributed by atoms with Gasteiger partial charge in [-0.2, -0.15) is 0 Å². The van der Waals surface area contributed by atoms with Gasteiger partial charge in [0.2, 0.25) is 0 Å². The summed E-state index contributed by atoms with van der Waals surface area (Å²) in [6, 6.07) is 15.6. The van der Waals surface area contributed by atoms with Crippen molar-refractivity contribution in [3.8, 4) is 11.3 Å². The molecule has 0 bridgehead atoms. The Balaban J connectivity index is 1.60. The second kappa shape index (κ2) is 6.99. The molecule has 2 N–H and O–H groups in total. The number of anilines is 1. The fourth-order valence-corrected chi connectivity index (χ4v) is 4.16. The topological polar surface area (TPSA) is 56.2 Å². The predicted octanol–water partition coefficient (Wildman–Crippen LogP) is 5.54. The number of nitrogen functional groups attached to an aromatic ring is 1. The molecule has 29 heavy (non-hydrogen) atoms. The molecule has 0 amide bonds. The molecule has 2 aromatic heterocycles. The van der Waals surface area contributed by atoms with Gasteiger partial charge in [-0.15, -0.1) is 0 Å². The second-order valence-corrected chi connectivity index (χ2v) is 7.85. The van der Waals surface area contributed by atoms with E-state index in [0.717, 1.165) is 29.8 Å². The Morgan fingerprint density at radius 2 is 1.90 bits per heavy atom. The summed E-state index contributed by atoms with van der Waals surface area (Å²) in [4.78, 5) is 9.06. The Morgan fingerprint density at radius 3 is 2.59 bits per heavy atom. The van der Waals surface area contributed by atoms with Crippen LogP contribution in [-0.4, -0.2) is 14.4 Å². The molecule has 4 nitrogen and oxygen atoms in total. The van der Waals surface area contributed by atoms with Crippen LogP contribution in [0.2, 0.25) is 0 Å². The summed E-state index contributed by atoms with van der Waals surface area (Å²) >= 11 is 0. The van der Waals surface area contributed by atoms with Crippen LogP contribution in [0.1, 0.15) is 55.0 Å². The van der Waals surface area contributed by atoms with Gasteiger partial charge >= 0.3 is 0 Å². The number of nitrogens with two attached hydrogens (primary N) is 1. The van der Waals surface area contributed by atoms with Crippen molar-refractivity contribution >= 4 is 11.3 Å². The van der Waals surface area contributed by atoms with Crippen LogP contribution in [0.3, 0.4) is 0 Å². The number of hydrogen-bond acceptors (Lipinski definition) is 3. The lowest BCUT2D eigenvalue weighted by molar-refractivity contribution is 0.400. The van der Waals surface area contributed by atoms with Crippen LogP contribution in [0.5, 0.6) is 0 Å². The zero-order valence-electron chi connectivity index (χ0n) is 16.3. The third-order valence-corrected chi connectivity index (χ3v) is 6.13. The molecule has 2 heterocycles. The van der Waals surface area contributed by atoms with E-state index in [2.05, 4.69) is 24.0 Å². The van der Waals surface area contributed by atoms with Crippen LogP contribution in [0.15, 0.2) is 60.9 Å². The number of rotatable bonds is 4. The number of hydrogen-bond donors (Lipinski definition) is 1. The quantitative estimate of drug-likeness (QED) is 0.501. The molecule has 4 aromatic rings. The van der Waals surface area contributed by atoms with Gasteiger partial charge in [0.1, 0.15) is 28.7 Å². The van der Waals surface area contributed by atoms with E-state index >= 15 is 4.39 Å². The van der Waals surface area contributed by atoms with Crippen LogP contribution in [0, 0.1) is 5.82 Å². The van der Waals surface area contributed by atoms with Gasteiger partial charge in [0.05, 0.1) is 0 Å². The smallest absolute Gasteiger partial charge is 0.150 e. The fourth-order valence-electron chi connectivity index (χ4n) is 4.16. The van der Waals surface area contributed by atoms with Gasteiger partial charge in [-0.1, -0.05) is 49.7 Å². The van der Waals surface area contributed by atoms with Crippen LogP contribution in [0.4, 0.5) is 10.2 Å². The Morgan fingerprint density at radius 1 is 1.10 bits per heavy atom. The largest absolute Gasteiger partial charge is 0.382 e. The highest BCUT2D eigenvalue weighted by atomic mass is 19.1. The minimum atomic E-state index is -0.284. The fraction of sp³-hybridized carbons (Fsp3) is 0.250. The number of nitrogens with zero attached hydrogens (tertiary/aromatic N) is 3. The molecule has 0 saturated heterocycles. The zero-order chi connectivity index (χ0) is 20.0. The Labute approximate surface area is 169 Å². The lowest BCUT2D eigenvalue weighted by Gasteiger charge is -2.23. The molecule has 146 valence electrons. The first-order valence-corrected chi connectivity index (χ1v) is 10.1. The molecule has 5 rings (SSSR count). The van der Waals surface area contributed by atoms with Crippen molar-refractivity contribution in [3.05, 3.63) is 83.7 Å². The highest BCUT2D eigenvalue weighted by Crippen LogP contribution is 2.40. The van der Waals surface area contributed by atoms with E-state index in [1.165, 1.54) is 6.42 Å². The first-order valence-electron chi connectivity index (χ1n) is 10.1. The van der Waals surface area contributed by atoms with E-state index < -0.39 is 0 Å². The summed E-state index contributed by atoms with van der Waals surface area (Å²) in [5.74, 6) is 1.56. The first-order chi connectivity index (χ1) is 14.1. The SMILES string of the molecule is CC(c1ccccc1)c1ccc(-c2nc(C3CCC3)n3ccnc(N)c23)c(F)c1. The number of imidazole rings is 1. The molecule has 2 aromatic carbocycles. The van der Waals surface area contributed by atoms with Crippen molar-refractivity contribution in [1.29, 1.82) is 0 Å². The summed E-state index contributed by atoms with van der Waals surface area (Å²) < 4.78 is 17.3. The van der Waals surface area contributed by atoms with E-state index in [0.29, 0.717) is 28.5 Å². The molecule has 1 atom stereocenters. The third-order valence-electron chi connectivity index (χ3n) is 6.13. The van der Waals surface area contributed by atoms with Gasteiger partial charge in [0.15, 0.2) is 0 Å². The van der Waals surface area contributed by atoms with Crippen molar-refractivity contribution in [3.63, 3.8) is 0 Å². The normalized spacial score (nSPS) is 15.4. The number of fused-ring (bicyclic) bond motifs is 1. The maximum absolute atomic E-state index is 15.3. The summed E-state index contributed by atoms with van der Waals surface area (Å²) in [6.45, 7) is 2.09. The maximum atomic E-state index is 15.3.